The summed E-state index contributed by atoms with van der Waals surface area (Å²) in [7, 11) is 0. The minimum absolute atomic E-state index is 0.488. The van der Waals surface area contributed by atoms with Gasteiger partial charge in [-0.05, 0) is 12.1 Å². The molecule has 1 aliphatic carbocycles. The van der Waals surface area contributed by atoms with Gasteiger partial charge in [0.2, 0.25) is 0 Å². The van der Waals surface area contributed by atoms with Crippen LogP contribution < -0.4 is 5.73 Å². The number of hydrogen-bond acceptors (Lipinski definition) is 6. The van der Waals surface area contributed by atoms with E-state index in [4.69, 9.17) is 5.73 Å². The SMILES string of the molecule is Nc1n[nH]c2c1C=CC(c1ccncn1)(c1ccncn1)C2. The minimum Gasteiger partial charge on any atom is -0.382 e. The number of rotatable bonds is 2. The first-order valence-electron chi connectivity index (χ1n) is 6.84. The second-order valence-corrected chi connectivity index (χ2v) is 5.17. The predicted molar refractivity (Wildman–Crippen MR) is 80.6 cm³/mol. The lowest BCUT2D eigenvalue weighted by molar-refractivity contribution is 0.578. The second-order valence-electron chi connectivity index (χ2n) is 5.17. The normalized spacial score (nSPS) is 15.5. The molecule has 4 rings (SSSR count). The van der Waals surface area contributed by atoms with Crippen molar-refractivity contribution in [2.75, 3.05) is 5.73 Å². The van der Waals surface area contributed by atoms with Crippen LogP contribution >= 0.6 is 0 Å². The van der Waals surface area contributed by atoms with Gasteiger partial charge in [0, 0.05) is 30.1 Å². The van der Waals surface area contributed by atoms with Crippen LogP contribution in [0.1, 0.15) is 22.6 Å². The summed E-state index contributed by atoms with van der Waals surface area (Å²) >= 11 is 0. The Morgan fingerprint density at radius 2 is 1.73 bits per heavy atom. The number of aromatic amines is 1. The number of nitrogens with zero attached hydrogens (tertiary/aromatic N) is 5. The van der Waals surface area contributed by atoms with Crippen molar-refractivity contribution in [2.24, 2.45) is 0 Å². The number of fused-ring (bicyclic) bond motifs is 1. The van der Waals surface area contributed by atoms with E-state index in [9.17, 15) is 0 Å². The molecule has 0 amide bonds. The van der Waals surface area contributed by atoms with E-state index >= 15 is 0 Å². The van der Waals surface area contributed by atoms with E-state index in [1.165, 1.54) is 0 Å². The van der Waals surface area contributed by atoms with Crippen molar-refractivity contribution in [3.8, 4) is 0 Å². The van der Waals surface area contributed by atoms with Gasteiger partial charge in [0.25, 0.3) is 0 Å². The molecule has 0 aliphatic heterocycles. The molecule has 0 spiro atoms. The number of aromatic nitrogens is 6. The number of nitrogens with two attached hydrogens (primary N) is 1. The first-order valence-corrected chi connectivity index (χ1v) is 6.84. The fourth-order valence-electron chi connectivity index (χ4n) is 2.88. The quantitative estimate of drug-likeness (QED) is 0.733. The van der Waals surface area contributed by atoms with E-state index in [1.807, 2.05) is 18.2 Å². The third kappa shape index (κ3) is 1.79. The molecule has 3 aromatic rings. The predicted octanol–water partition coefficient (Wildman–Crippen LogP) is 1.13. The molecule has 108 valence electrons. The third-order valence-electron chi connectivity index (χ3n) is 3.98. The van der Waals surface area contributed by atoms with Gasteiger partial charge in [-0.15, -0.1) is 0 Å². The third-order valence-corrected chi connectivity index (χ3v) is 3.98. The molecule has 7 heteroatoms. The zero-order chi connectivity index (χ0) is 15.0. The van der Waals surface area contributed by atoms with Gasteiger partial charge in [-0.1, -0.05) is 12.2 Å². The molecule has 3 aromatic heterocycles. The highest BCUT2D eigenvalue weighted by Gasteiger charge is 2.38. The Hall–Kier alpha value is -3.09. The van der Waals surface area contributed by atoms with E-state index in [0.717, 1.165) is 22.6 Å². The second kappa shape index (κ2) is 4.73. The zero-order valence-corrected chi connectivity index (χ0v) is 11.6. The molecule has 7 nitrogen and oxygen atoms in total. The average molecular weight is 291 g/mol. The number of H-pyrrole nitrogens is 1. The maximum absolute atomic E-state index is 5.88. The van der Waals surface area contributed by atoms with Crippen molar-refractivity contribution < 1.29 is 0 Å². The number of allylic oxidation sites excluding steroid dienone is 1. The summed E-state index contributed by atoms with van der Waals surface area (Å²) in [6, 6.07) is 3.80. The largest absolute Gasteiger partial charge is 0.382 e. The Labute approximate surface area is 126 Å². The molecule has 0 fully saturated rings. The summed E-state index contributed by atoms with van der Waals surface area (Å²) in [5, 5.41) is 7.09. The summed E-state index contributed by atoms with van der Waals surface area (Å²) in [6.45, 7) is 0. The van der Waals surface area contributed by atoms with E-state index in [2.05, 4.69) is 36.2 Å². The number of hydrogen-bond donors (Lipinski definition) is 2. The Balaban J connectivity index is 1.93. The fraction of sp³-hybridized carbons (Fsp3) is 0.133. The summed E-state index contributed by atoms with van der Waals surface area (Å²) in [5.41, 5.74) is 9.04. The molecule has 3 N–H and O–H groups in total. The average Bonchev–Trinajstić information content (AvgIpc) is 2.96. The Morgan fingerprint density at radius 3 is 2.32 bits per heavy atom. The molecule has 0 unspecified atom stereocenters. The molecule has 3 heterocycles. The van der Waals surface area contributed by atoms with Crippen molar-refractivity contribution >= 4 is 11.9 Å². The van der Waals surface area contributed by atoms with Crippen molar-refractivity contribution in [3.05, 3.63) is 65.9 Å². The van der Waals surface area contributed by atoms with E-state index in [0.29, 0.717) is 12.2 Å². The smallest absolute Gasteiger partial charge is 0.152 e. The van der Waals surface area contributed by atoms with Crippen LogP contribution in [-0.2, 0) is 11.8 Å². The molecule has 0 saturated heterocycles. The Kier molecular flexibility index (Phi) is 2.72. The van der Waals surface area contributed by atoms with Gasteiger partial charge in [-0.25, -0.2) is 19.9 Å². The fourth-order valence-corrected chi connectivity index (χ4v) is 2.88. The van der Waals surface area contributed by atoms with E-state index in [-0.39, 0.29) is 0 Å². The summed E-state index contributed by atoms with van der Waals surface area (Å²) in [6.07, 6.45) is 11.3. The van der Waals surface area contributed by atoms with Gasteiger partial charge in [0.1, 0.15) is 12.7 Å². The monoisotopic (exact) mass is 291 g/mol. The van der Waals surface area contributed by atoms with Crippen LogP contribution in [0.2, 0.25) is 0 Å². The maximum atomic E-state index is 5.88. The van der Waals surface area contributed by atoms with Crippen LogP contribution in [-0.4, -0.2) is 30.1 Å². The molecule has 0 aromatic carbocycles. The van der Waals surface area contributed by atoms with Crippen molar-refractivity contribution in [3.63, 3.8) is 0 Å². The highest BCUT2D eigenvalue weighted by molar-refractivity contribution is 5.68. The summed E-state index contributed by atoms with van der Waals surface area (Å²) in [4.78, 5) is 16.9. The Bertz CT molecular complexity index is 784. The number of anilines is 1. The first-order chi connectivity index (χ1) is 10.8. The lowest BCUT2D eigenvalue weighted by Gasteiger charge is -2.31. The van der Waals surface area contributed by atoms with Crippen LogP contribution in [0.25, 0.3) is 6.08 Å². The molecule has 0 atom stereocenters. The van der Waals surface area contributed by atoms with Gasteiger partial charge in [0.15, 0.2) is 5.82 Å². The molecule has 1 aliphatic rings. The topological polar surface area (TPSA) is 106 Å². The molecule has 22 heavy (non-hydrogen) atoms. The van der Waals surface area contributed by atoms with E-state index < -0.39 is 5.41 Å². The summed E-state index contributed by atoms with van der Waals surface area (Å²) < 4.78 is 0. The standard InChI is InChI=1S/C15H13N7/c16-14-10-1-4-15(7-11(10)21-22-14,12-2-5-17-8-19-12)13-3-6-18-9-20-13/h1-6,8-9H,7H2,(H3,16,21,22). The van der Waals surface area contributed by atoms with Gasteiger partial charge < -0.3 is 5.73 Å². The number of nitrogens with one attached hydrogen (secondary N) is 1. The van der Waals surface area contributed by atoms with Crippen LogP contribution in [0, 0.1) is 0 Å². The molecule has 0 saturated carbocycles. The van der Waals surface area contributed by atoms with Gasteiger partial charge in [-0.3, -0.25) is 5.10 Å². The molecular weight excluding hydrogens is 278 g/mol. The Morgan fingerprint density at radius 1 is 1.05 bits per heavy atom. The summed E-state index contributed by atoms with van der Waals surface area (Å²) in [5.74, 6) is 0.505. The number of nitrogen functional groups attached to an aromatic ring is 1. The lowest BCUT2D eigenvalue weighted by Crippen LogP contribution is -2.32. The highest BCUT2D eigenvalue weighted by Crippen LogP contribution is 2.39. The lowest BCUT2D eigenvalue weighted by atomic mass is 9.73. The van der Waals surface area contributed by atoms with Crippen LogP contribution in [0.15, 0.2) is 43.3 Å². The van der Waals surface area contributed by atoms with Crippen LogP contribution in [0.5, 0.6) is 0 Å². The van der Waals surface area contributed by atoms with Crippen LogP contribution in [0.3, 0.4) is 0 Å². The maximum Gasteiger partial charge on any atom is 0.152 e. The molecular formula is C15H13N7. The zero-order valence-electron chi connectivity index (χ0n) is 11.6. The molecule has 0 bridgehead atoms. The van der Waals surface area contributed by atoms with Crippen molar-refractivity contribution in [2.45, 2.75) is 11.8 Å². The first kappa shape index (κ1) is 12.6. The van der Waals surface area contributed by atoms with Gasteiger partial charge in [0.05, 0.1) is 16.8 Å². The van der Waals surface area contributed by atoms with Crippen molar-refractivity contribution in [1.82, 2.24) is 30.1 Å². The van der Waals surface area contributed by atoms with Gasteiger partial charge in [-0.2, -0.15) is 5.10 Å². The van der Waals surface area contributed by atoms with Crippen LogP contribution in [0.4, 0.5) is 5.82 Å². The van der Waals surface area contributed by atoms with Crippen molar-refractivity contribution in [1.29, 1.82) is 0 Å². The van der Waals surface area contributed by atoms with E-state index in [1.54, 1.807) is 25.0 Å². The highest BCUT2D eigenvalue weighted by atomic mass is 15.2. The molecule has 0 radical (unpaired) electrons. The minimum atomic E-state index is -0.488. The van der Waals surface area contributed by atoms with Gasteiger partial charge >= 0.3 is 0 Å².